The summed E-state index contributed by atoms with van der Waals surface area (Å²) in [5, 5.41) is 2.52. The van der Waals surface area contributed by atoms with Gasteiger partial charge < -0.3 is 0 Å². The van der Waals surface area contributed by atoms with Crippen LogP contribution >= 0.6 is 11.8 Å². The summed E-state index contributed by atoms with van der Waals surface area (Å²) in [6.45, 7) is 2.24. The van der Waals surface area contributed by atoms with Crippen LogP contribution in [0.1, 0.15) is 51.0 Å². The summed E-state index contributed by atoms with van der Waals surface area (Å²) in [4.78, 5) is 17.1. The van der Waals surface area contributed by atoms with Crippen molar-refractivity contribution in [2.75, 3.05) is 0 Å². The molecule has 0 unspecified atom stereocenters. The minimum Gasteiger partial charge on any atom is -0.211 e. The van der Waals surface area contributed by atoms with Crippen molar-refractivity contribution in [3.05, 3.63) is 66.2 Å². The van der Waals surface area contributed by atoms with E-state index in [2.05, 4.69) is 60.4 Å². The molecule has 0 amide bonds. The van der Waals surface area contributed by atoms with Gasteiger partial charge in [-0.3, -0.25) is 0 Å². The molecule has 2 nitrogen and oxygen atoms in total. The van der Waals surface area contributed by atoms with Gasteiger partial charge in [-0.2, -0.15) is 4.99 Å². The summed E-state index contributed by atoms with van der Waals surface area (Å²) < 4.78 is 0. The first-order chi connectivity index (χ1) is 13.8. The van der Waals surface area contributed by atoms with Crippen LogP contribution in [0, 0.1) is 0 Å². The van der Waals surface area contributed by atoms with Gasteiger partial charge in [0.25, 0.3) is 0 Å². The van der Waals surface area contributed by atoms with E-state index in [1.807, 2.05) is 12.1 Å². The topological polar surface area (TPSA) is 29.4 Å². The number of rotatable bonds is 10. The van der Waals surface area contributed by atoms with Crippen LogP contribution < -0.4 is 0 Å². The van der Waals surface area contributed by atoms with E-state index in [4.69, 9.17) is 0 Å². The molecule has 3 aromatic rings. The van der Waals surface area contributed by atoms with Gasteiger partial charge in [-0.1, -0.05) is 87.2 Å². The van der Waals surface area contributed by atoms with E-state index < -0.39 is 0 Å². The van der Waals surface area contributed by atoms with Gasteiger partial charge in [-0.15, -0.1) is 0 Å². The monoisotopic (exact) mass is 389 g/mol. The van der Waals surface area contributed by atoms with Crippen molar-refractivity contribution in [1.29, 1.82) is 0 Å². The second-order valence-electron chi connectivity index (χ2n) is 7.09. The Kier molecular flexibility index (Phi) is 7.90. The molecule has 0 N–H and O–H groups in total. The number of aliphatic imine (C=N–C) groups is 1. The number of aryl methyl sites for hydroxylation is 1. The smallest absolute Gasteiger partial charge is 0.211 e. The fourth-order valence-electron chi connectivity index (χ4n) is 3.49. The Balaban J connectivity index is 1.75. The van der Waals surface area contributed by atoms with Crippen molar-refractivity contribution in [1.82, 2.24) is 0 Å². The summed E-state index contributed by atoms with van der Waals surface area (Å²) in [5.74, 6) is 0. The molecule has 3 heteroatoms. The number of hydrogen-bond donors (Lipinski definition) is 0. The quantitative estimate of drug-likeness (QED) is 0.201. The Morgan fingerprint density at radius 1 is 0.893 bits per heavy atom. The zero-order valence-corrected chi connectivity index (χ0v) is 17.3. The lowest BCUT2D eigenvalue weighted by atomic mass is 10.0. The molecule has 0 saturated carbocycles. The molecule has 0 aliphatic rings. The number of isocyanates is 1. The molecule has 0 saturated heterocycles. The Morgan fingerprint density at radius 2 is 1.68 bits per heavy atom. The van der Waals surface area contributed by atoms with E-state index in [1.165, 1.54) is 52.7 Å². The van der Waals surface area contributed by atoms with E-state index in [0.29, 0.717) is 0 Å². The summed E-state index contributed by atoms with van der Waals surface area (Å²) in [5.41, 5.74) is 1.90. The van der Waals surface area contributed by atoms with Crippen LogP contribution in [0.2, 0.25) is 0 Å². The predicted octanol–water partition coefficient (Wildman–Crippen LogP) is 7.86. The third kappa shape index (κ3) is 5.58. The maximum absolute atomic E-state index is 10.8. The highest BCUT2D eigenvalue weighted by Crippen LogP contribution is 2.36. The van der Waals surface area contributed by atoms with Gasteiger partial charge in [-0.05, 0) is 53.4 Å². The molecule has 3 rings (SSSR count). The van der Waals surface area contributed by atoms with Crippen LogP contribution in [-0.2, 0) is 11.2 Å². The molecule has 0 fully saturated rings. The third-order valence-electron chi connectivity index (χ3n) is 4.99. The molecular weight excluding hydrogens is 362 g/mol. The summed E-state index contributed by atoms with van der Waals surface area (Å²) >= 11 is 1.77. The zero-order chi connectivity index (χ0) is 19.6. The van der Waals surface area contributed by atoms with Crippen LogP contribution in [0.4, 0.5) is 5.69 Å². The maximum atomic E-state index is 10.8. The molecular formula is C25H27NOS. The van der Waals surface area contributed by atoms with Crippen LogP contribution in [-0.4, -0.2) is 6.08 Å². The number of carbonyl (C=O) groups excluding carboxylic acids is 1. The minimum atomic E-state index is 0.755. The van der Waals surface area contributed by atoms with Gasteiger partial charge in [0.15, 0.2) is 0 Å². The molecule has 0 heterocycles. The molecule has 0 aliphatic heterocycles. The highest BCUT2D eigenvalue weighted by atomic mass is 32.2. The van der Waals surface area contributed by atoms with Crippen molar-refractivity contribution in [3.63, 3.8) is 0 Å². The lowest BCUT2D eigenvalue weighted by Gasteiger charge is -2.10. The highest BCUT2D eigenvalue weighted by Gasteiger charge is 2.07. The van der Waals surface area contributed by atoms with Gasteiger partial charge in [0.1, 0.15) is 0 Å². The Labute approximate surface area is 172 Å². The van der Waals surface area contributed by atoms with Crippen LogP contribution in [0.5, 0.6) is 0 Å². The van der Waals surface area contributed by atoms with Gasteiger partial charge in [-0.25, -0.2) is 4.79 Å². The van der Waals surface area contributed by atoms with E-state index in [1.54, 1.807) is 17.8 Å². The van der Waals surface area contributed by atoms with E-state index >= 15 is 0 Å². The number of hydrogen-bond acceptors (Lipinski definition) is 3. The zero-order valence-electron chi connectivity index (χ0n) is 16.5. The molecule has 3 aromatic carbocycles. The second-order valence-corrected chi connectivity index (χ2v) is 8.21. The first-order valence-electron chi connectivity index (χ1n) is 10.2. The molecule has 0 aromatic heterocycles. The number of unbranched alkanes of at least 4 members (excludes halogenated alkanes) is 5. The van der Waals surface area contributed by atoms with Crippen molar-refractivity contribution in [3.8, 4) is 0 Å². The Hall–Kier alpha value is -2.35. The van der Waals surface area contributed by atoms with Crippen molar-refractivity contribution >= 4 is 34.3 Å². The maximum Gasteiger partial charge on any atom is 0.240 e. The fourth-order valence-corrected chi connectivity index (χ4v) is 4.52. The van der Waals surface area contributed by atoms with Gasteiger partial charge in [0.05, 0.1) is 5.69 Å². The minimum absolute atomic E-state index is 0.755. The number of fused-ring (bicyclic) bond motifs is 1. The summed E-state index contributed by atoms with van der Waals surface area (Å²) in [6, 6.07) is 21.1. The molecule has 0 spiro atoms. The molecule has 0 bridgehead atoms. The van der Waals surface area contributed by atoms with Crippen LogP contribution in [0.15, 0.2) is 75.4 Å². The highest BCUT2D eigenvalue weighted by molar-refractivity contribution is 7.99. The average molecular weight is 390 g/mol. The molecule has 144 valence electrons. The first kappa shape index (κ1) is 20.4. The molecule has 0 radical (unpaired) electrons. The SMILES string of the molecule is CCCCCCCCc1cc(Sc2cccc3ccccc23)ccc1N=C=O. The largest absolute Gasteiger partial charge is 0.240 e. The number of benzene rings is 3. The van der Waals surface area contributed by atoms with E-state index in [0.717, 1.165) is 24.1 Å². The number of nitrogens with zero attached hydrogens (tertiary/aromatic N) is 1. The Bertz CT molecular complexity index is 954. The van der Waals surface area contributed by atoms with E-state index in [9.17, 15) is 4.79 Å². The van der Waals surface area contributed by atoms with Crippen molar-refractivity contribution in [2.24, 2.45) is 4.99 Å². The van der Waals surface area contributed by atoms with Gasteiger partial charge in [0, 0.05) is 9.79 Å². The Morgan fingerprint density at radius 3 is 2.54 bits per heavy atom. The lowest BCUT2D eigenvalue weighted by Crippen LogP contribution is -1.89. The molecule has 28 heavy (non-hydrogen) atoms. The molecule has 0 atom stereocenters. The van der Waals surface area contributed by atoms with Gasteiger partial charge in [0.2, 0.25) is 6.08 Å². The lowest BCUT2D eigenvalue weighted by molar-refractivity contribution is 0.565. The van der Waals surface area contributed by atoms with E-state index in [-0.39, 0.29) is 0 Å². The standard InChI is InChI=1S/C25H27NOS/c1-2-3-4-5-6-7-12-21-18-22(16-17-24(21)26-19-27)28-25-15-10-13-20-11-8-9-14-23(20)25/h8-11,13-18H,2-7,12H2,1H3. The van der Waals surface area contributed by atoms with Crippen molar-refractivity contribution in [2.45, 2.75) is 61.7 Å². The van der Waals surface area contributed by atoms with Crippen molar-refractivity contribution < 1.29 is 4.79 Å². The van der Waals surface area contributed by atoms with Crippen LogP contribution in [0.25, 0.3) is 10.8 Å². The van der Waals surface area contributed by atoms with Crippen LogP contribution in [0.3, 0.4) is 0 Å². The normalized spacial score (nSPS) is 10.8. The summed E-state index contributed by atoms with van der Waals surface area (Å²) in [7, 11) is 0. The average Bonchev–Trinajstić information content (AvgIpc) is 2.73. The fraction of sp³-hybridized carbons (Fsp3) is 0.320. The summed E-state index contributed by atoms with van der Waals surface area (Å²) in [6.07, 6.45) is 10.2. The third-order valence-corrected chi connectivity index (χ3v) is 6.06. The predicted molar refractivity (Wildman–Crippen MR) is 119 cm³/mol. The first-order valence-corrected chi connectivity index (χ1v) is 11.0. The second kappa shape index (κ2) is 10.8. The van der Waals surface area contributed by atoms with Gasteiger partial charge >= 0.3 is 0 Å². The molecule has 0 aliphatic carbocycles.